The van der Waals surface area contributed by atoms with E-state index in [9.17, 15) is 4.79 Å². The van der Waals surface area contributed by atoms with E-state index in [-0.39, 0.29) is 0 Å². The topological polar surface area (TPSA) is 54.5 Å². The number of rotatable bonds is 1. The van der Waals surface area contributed by atoms with Crippen molar-refractivity contribution < 1.29 is 9.53 Å². The Hall–Kier alpha value is -2.04. The summed E-state index contributed by atoms with van der Waals surface area (Å²) in [4.78, 5) is 16.0. The molecule has 0 unspecified atom stereocenters. The van der Waals surface area contributed by atoms with Gasteiger partial charge in [-0.25, -0.2) is 15.2 Å². The average molecular weight is 247 g/mol. The zero-order valence-electron chi connectivity index (χ0n) is 10.8. The first-order chi connectivity index (χ1) is 8.46. The van der Waals surface area contributed by atoms with Crippen LogP contribution in [0, 0.1) is 0 Å². The number of ether oxygens (including phenoxy) is 1. The SMILES string of the molecule is CC(C)(C)OC(=O)NN1CC=Cc2cccnc21. The number of aromatic nitrogens is 1. The molecule has 96 valence electrons. The van der Waals surface area contributed by atoms with E-state index in [1.807, 2.05) is 45.1 Å². The van der Waals surface area contributed by atoms with Crippen LogP contribution in [0.4, 0.5) is 10.6 Å². The molecule has 0 saturated carbocycles. The number of hydrazine groups is 1. The van der Waals surface area contributed by atoms with Crippen LogP contribution in [0.15, 0.2) is 24.4 Å². The molecule has 0 fully saturated rings. The van der Waals surface area contributed by atoms with Gasteiger partial charge in [-0.05, 0) is 32.9 Å². The molecule has 0 aromatic carbocycles. The summed E-state index contributed by atoms with van der Waals surface area (Å²) in [5.74, 6) is 0.728. The number of nitrogens with one attached hydrogen (secondary N) is 1. The second-order valence-corrected chi connectivity index (χ2v) is 5.04. The number of hydrogen-bond donors (Lipinski definition) is 1. The van der Waals surface area contributed by atoms with Gasteiger partial charge in [0.1, 0.15) is 5.60 Å². The Bertz CT molecular complexity index is 477. The third-order valence-corrected chi connectivity index (χ3v) is 2.28. The lowest BCUT2D eigenvalue weighted by molar-refractivity contribution is 0.0522. The molecule has 0 atom stereocenters. The zero-order chi connectivity index (χ0) is 13.2. The first-order valence-electron chi connectivity index (χ1n) is 5.84. The van der Waals surface area contributed by atoms with Crippen LogP contribution in [-0.2, 0) is 4.74 Å². The molecule has 1 aromatic heterocycles. The molecule has 0 saturated heterocycles. The fraction of sp³-hybridized carbons (Fsp3) is 0.385. The van der Waals surface area contributed by atoms with E-state index < -0.39 is 11.7 Å². The van der Waals surface area contributed by atoms with E-state index in [0.29, 0.717) is 6.54 Å². The summed E-state index contributed by atoms with van der Waals surface area (Å²) in [6, 6.07) is 3.81. The zero-order valence-corrected chi connectivity index (χ0v) is 10.8. The Balaban J connectivity index is 2.08. The maximum atomic E-state index is 11.7. The standard InChI is InChI=1S/C13H17N3O2/c1-13(2,3)18-12(17)15-16-9-5-7-10-6-4-8-14-11(10)16/h4-8H,9H2,1-3H3,(H,15,17). The molecule has 2 rings (SSSR count). The second kappa shape index (κ2) is 4.68. The van der Waals surface area contributed by atoms with Crippen LogP contribution in [-0.4, -0.2) is 23.2 Å². The van der Waals surface area contributed by atoms with Crippen molar-refractivity contribution in [3.63, 3.8) is 0 Å². The molecule has 5 nitrogen and oxygen atoms in total. The highest BCUT2D eigenvalue weighted by Gasteiger charge is 2.20. The van der Waals surface area contributed by atoms with Gasteiger partial charge in [-0.2, -0.15) is 0 Å². The van der Waals surface area contributed by atoms with Crippen LogP contribution in [0.1, 0.15) is 26.3 Å². The summed E-state index contributed by atoms with van der Waals surface area (Å²) in [7, 11) is 0. The number of amides is 1. The quantitative estimate of drug-likeness (QED) is 0.827. The smallest absolute Gasteiger partial charge is 0.426 e. The summed E-state index contributed by atoms with van der Waals surface area (Å²) < 4.78 is 5.21. The number of pyridine rings is 1. The highest BCUT2D eigenvalue weighted by molar-refractivity contribution is 5.74. The van der Waals surface area contributed by atoms with Crippen molar-refractivity contribution in [1.29, 1.82) is 0 Å². The van der Waals surface area contributed by atoms with Gasteiger partial charge in [-0.15, -0.1) is 0 Å². The first-order valence-corrected chi connectivity index (χ1v) is 5.84. The Kier molecular flexibility index (Phi) is 3.23. The second-order valence-electron chi connectivity index (χ2n) is 5.04. The minimum Gasteiger partial charge on any atom is -0.443 e. The summed E-state index contributed by atoms with van der Waals surface area (Å²) >= 11 is 0. The van der Waals surface area contributed by atoms with Gasteiger partial charge in [0.2, 0.25) is 0 Å². The molecular formula is C13H17N3O2. The lowest BCUT2D eigenvalue weighted by atomic mass is 10.2. The normalized spacial score (nSPS) is 14.1. The Morgan fingerprint density at radius 1 is 1.50 bits per heavy atom. The van der Waals surface area contributed by atoms with Gasteiger partial charge >= 0.3 is 6.09 Å². The molecule has 5 heteroatoms. The number of anilines is 1. The third-order valence-electron chi connectivity index (χ3n) is 2.28. The minimum absolute atomic E-state index is 0.477. The fourth-order valence-corrected chi connectivity index (χ4v) is 1.65. The van der Waals surface area contributed by atoms with Gasteiger partial charge in [-0.3, -0.25) is 5.01 Å². The van der Waals surface area contributed by atoms with Crippen molar-refractivity contribution in [2.45, 2.75) is 26.4 Å². The van der Waals surface area contributed by atoms with Gasteiger partial charge in [0, 0.05) is 11.8 Å². The largest absolute Gasteiger partial charge is 0.443 e. The van der Waals surface area contributed by atoms with Gasteiger partial charge in [0.05, 0.1) is 6.54 Å². The van der Waals surface area contributed by atoms with Crippen LogP contribution < -0.4 is 10.4 Å². The number of carbonyl (C=O) groups excluding carboxylic acids is 1. The highest BCUT2D eigenvalue weighted by Crippen LogP contribution is 2.21. The van der Waals surface area contributed by atoms with Crippen LogP contribution in [0.2, 0.25) is 0 Å². The molecule has 0 bridgehead atoms. The van der Waals surface area contributed by atoms with Crippen molar-refractivity contribution >= 4 is 18.0 Å². The maximum absolute atomic E-state index is 11.7. The molecule has 18 heavy (non-hydrogen) atoms. The van der Waals surface area contributed by atoms with Crippen LogP contribution in [0.5, 0.6) is 0 Å². The Morgan fingerprint density at radius 3 is 3.00 bits per heavy atom. The van der Waals surface area contributed by atoms with Crippen molar-refractivity contribution in [3.05, 3.63) is 30.0 Å². The Labute approximate surface area is 106 Å². The summed E-state index contributed by atoms with van der Waals surface area (Å²) in [5, 5.41) is 1.67. The average Bonchev–Trinajstić information content (AvgIpc) is 2.27. The lowest BCUT2D eigenvalue weighted by Gasteiger charge is -2.28. The molecule has 0 radical (unpaired) electrons. The van der Waals surface area contributed by atoms with Crippen molar-refractivity contribution in [1.82, 2.24) is 10.4 Å². The monoisotopic (exact) mass is 247 g/mol. The summed E-state index contributed by atoms with van der Waals surface area (Å²) in [5.41, 5.74) is 3.15. The van der Waals surface area contributed by atoms with Crippen LogP contribution in [0.25, 0.3) is 6.08 Å². The third kappa shape index (κ3) is 3.00. The molecule has 1 aromatic rings. The number of nitrogens with zero attached hydrogens (tertiary/aromatic N) is 2. The van der Waals surface area contributed by atoms with E-state index in [1.54, 1.807) is 11.2 Å². The lowest BCUT2D eigenvalue weighted by Crippen LogP contribution is -2.46. The molecule has 0 aliphatic carbocycles. The Morgan fingerprint density at radius 2 is 2.28 bits per heavy atom. The van der Waals surface area contributed by atoms with Gasteiger partial charge in [-0.1, -0.05) is 12.2 Å². The predicted octanol–water partition coefficient (Wildman–Crippen LogP) is 2.35. The minimum atomic E-state index is -0.511. The molecule has 0 spiro atoms. The van der Waals surface area contributed by atoms with E-state index in [2.05, 4.69) is 10.4 Å². The first kappa shape index (κ1) is 12.4. The van der Waals surface area contributed by atoms with Gasteiger partial charge < -0.3 is 4.74 Å². The number of fused-ring (bicyclic) bond motifs is 1. The fourth-order valence-electron chi connectivity index (χ4n) is 1.65. The van der Waals surface area contributed by atoms with E-state index in [1.165, 1.54) is 0 Å². The van der Waals surface area contributed by atoms with E-state index in [4.69, 9.17) is 4.74 Å². The number of carbonyl (C=O) groups is 1. The van der Waals surface area contributed by atoms with Crippen LogP contribution in [0.3, 0.4) is 0 Å². The molecule has 1 aliphatic heterocycles. The van der Waals surface area contributed by atoms with Crippen molar-refractivity contribution in [2.75, 3.05) is 11.6 Å². The van der Waals surface area contributed by atoms with Crippen molar-refractivity contribution in [2.24, 2.45) is 0 Å². The predicted molar refractivity (Wildman–Crippen MR) is 70.0 cm³/mol. The van der Waals surface area contributed by atoms with Crippen molar-refractivity contribution in [3.8, 4) is 0 Å². The summed E-state index contributed by atoms with van der Waals surface area (Å²) in [6.07, 6.45) is 5.16. The number of hydrogen-bond acceptors (Lipinski definition) is 4. The summed E-state index contributed by atoms with van der Waals surface area (Å²) in [6.45, 7) is 6.06. The molecular weight excluding hydrogens is 230 g/mol. The van der Waals surface area contributed by atoms with Crippen LogP contribution >= 0.6 is 0 Å². The van der Waals surface area contributed by atoms with E-state index >= 15 is 0 Å². The molecule has 1 amide bonds. The van der Waals surface area contributed by atoms with Gasteiger partial charge in [0.25, 0.3) is 0 Å². The molecule has 1 aliphatic rings. The van der Waals surface area contributed by atoms with E-state index in [0.717, 1.165) is 11.4 Å². The van der Waals surface area contributed by atoms with Gasteiger partial charge in [0.15, 0.2) is 5.82 Å². The maximum Gasteiger partial charge on any atom is 0.426 e. The molecule has 2 heterocycles. The highest BCUT2D eigenvalue weighted by atomic mass is 16.6. The molecule has 1 N–H and O–H groups in total.